The number of hydrogen-bond acceptors (Lipinski definition) is 4. The summed E-state index contributed by atoms with van der Waals surface area (Å²) in [6.45, 7) is 6.38. The van der Waals surface area contributed by atoms with Gasteiger partial charge in [-0.15, -0.1) is 0 Å². The summed E-state index contributed by atoms with van der Waals surface area (Å²) in [5.41, 5.74) is 2.63. The van der Waals surface area contributed by atoms with E-state index >= 15 is 0 Å². The van der Waals surface area contributed by atoms with Crippen LogP contribution in [0.15, 0.2) is 42.5 Å². The molecule has 2 aromatic carbocycles. The molecule has 1 amide bonds. The fraction of sp³-hybridized carbons (Fsp3) is 0.364. The minimum atomic E-state index is -0.182. The van der Waals surface area contributed by atoms with Crippen LogP contribution in [0.25, 0.3) is 11.1 Å². The first-order valence-electron chi connectivity index (χ1n) is 9.46. The fourth-order valence-corrected chi connectivity index (χ4v) is 3.67. The van der Waals surface area contributed by atoms with Gasteiger partial charge < -0.3 is 10.4 Å². The molecule has 0 aromatic heterocycles. The molecule has 1 fully saturated rings. The molecule has 5 heteroatoms. The molecule has 2 N–H and O–H groups in total. The van der Waals surface area contributed by atoms with Gasteiger partial charge in [0.25, 0.3) is 5.91 Å². The number of ketones is 1. The Bertz CT molecular complexity index is 830. The number of Topliss-reactive ketones (excluding diaryl/α,β-unsaturated/α-hetero) is 1. The Labute approximate surface area is 160 Å². The Morgan fingerprint density at radius 2 is 1.85 bits per heavy atom. The Balaban J connectivity index is 1.67. The largest absolute Gasteiger partial charge is 0.507 e. The van der Waals surface area contributed by atoms with Crippen molar-refractivity contribution in [2.24, 2.45) is 0 Å². The summed E-state index contributed by atoms with van der Waals surface area (Å²) in [5, 5.41) is 12.8. The number of aromatic hydroxyl groups is 1. The minimum absolute atomic E-state index is 0.0183. The second kappa shape index (κ2) is 8.35. The molecule has 1 saturated heterocycles. The molecular weight excluding hydrogens is 340 g/mol. The van der Waals surface area contributed by atoms with Crippen LogP contribution in [0.4, 0.5) is 0 Å². The Morgan fingerprint density at radius 1 is 1.15 bits per heavy atom. The molecule has 0 saturated carbocycles. The first-order valence-corrected chi connectivity index (χ1v) is 9.46. The van der Waals surface area contributed by atoms with E-state index in [2.05, 4.69) is 17.1 Å². The van der Waals surface area contributed by atoms with E-state index in [1.165, 1.54) is 19.4 Å². The summed E-state index contributed by atoms with van der Waals surface area (Å²) in [7, 11) is 0. The van der Waals surface area contributed by atoms with Gasteiger partial charge in [-0.2, -0.15) is 0 Å². The molecule has 5 nitrogen and oxygen atoms in total. The minimum Gasteiger partial charge on any atom is -0.507 e. The Kier molecular flexibility index (Phi) is 5.91. The normalized spacial score (nSPS) is 17.0. The molecule has 1 atom stereocenters. The number of rotatable bonds is 6. The number of amides is 1. The fourth-order valence-electron chi connectivity index (χ4n) is 3.67. The Morgan fingerprint density at radius 3 is 2.52 bits per heavy atom. The molecule has 1 heterocycles. The second-order valence-electron chi connectivity index (χ2n) is 7.00. The molecular formula is C22H26N2O3. The number of phenolic OH excluding ortho intramolecular Hbond substituents is 1. The number of carbonyl (C=O) groups is 2. The van der Waals surface area contributed by atoms with E-state index in [1.807, 2.05) is 12.1 Å². The highest BCUT2D eigenvalue weighted by Gasteiger charge is 2.23. The zero-order valence-electron chi connectivity index (χ0n) is 15.9. The van der Waals surface area contributed by atoms with Crippen molar-refractivity contribution in [1.29, 1.82) is 0 Å². The monoisotopic (exact) mass is 366 g/mol. The van der Waals surface area contributed by atoms with Crippen LogP contribution < -0.4 is 5.32 Å². The first kappa shape index (κ1) is 19.1. The highest BCUT2D eigenvalue weighted by Crippen LogP contribution is 2.26. The van der Waals surface area contributed by atoms with Crippen LogP contribution in [0.1, 0.15) is 47.4 Å². The van der Waals surface area contributed by atoms with Gasteiger partial charge in [-0.05, 0) is 68.2 Å². The van der Waals surface area contributed by atoms with Crippen LogP contribution in [0.3, 0.4) is 0 Å². The Hall–Kier alpha value is -2.66. The molecule has 0 radical (unpaired) electrons. The molecule has 0 bridgehead atoms. The van der Waals surface area contributed by atoms with Crippen LogP contribution in [-0.2, 0) is 0 Å². The third-order valence-electron chi connectivity index (χ3n) is 5.26. The van der Waals surface area contributed by atoms with E-state index in [9.17, 15) is 14.7 Å². The molecule has 142 valence electrons. The van der Waals surface area contributed by atoms with Crippen molar-refractivity contribution < 1.29 is 14.7 Å². The summed E-state index contributed by atoms with van der Waals surface area (Å²) < 4.78 is 0. The highest BCUT2D eigenvalue weighted by molar-refractivity contribution is 5.98. The van der Waals surface area contributed by atoms with Crippen LogP contribution in [-0.4, -0.2) is 47.4 Å². The number of phenols is 1. The van der Waals surface area contributed by atoms with Crippen LogP contribution in [0.2, 0.25) is 0 Å². The van der Waals surface area contributed by atoms with Crippen LogP contribution in [0.5, 0.6) is 5.75 Å². The molecule has 1 aliphatic rings. The summed E-state index contributed by atoms with van der Waals surface area (Å²) >= 11 is 0. The van der Waals surface area contributed by atoms with Gasteiger partial charge in [0.05, 0.1) is 5.56 Å². The number of likely N-dealkylation sites (N-methyl/N-ethyl adjacent to an activating group) is 1. The predicted octanol–water partition coefficient (Wildman–Crippen LogP) is 3.48. The number of nitrogens with one attached hydrogen (secondary N) is 1. The third-order valence-corrected chi connectivity index (χ3v) is 5.26. The van der Waals surface area contributed by atoms with Crippen molar-refractivity contribution in [3.05, 3.63) is 53.6 Å². The molecule has 0 aliphatic carbocycles. The number of likely N-dealkylation sites (tertiary alicyclic amines) is 1. The number of carbonyl (C=O) groups excluding carboxylic acids is 2. The summed E-state index contributed by atoms with van der Waals surface area (Å²) in [6, 6.07) is 12.7. The van der Waals surface area contributed by atoms with E-state index in [0.29, 0.717) is 23.7 Å². The SMILES string of the molecule is CCN1CCC[C@@H]1CNC(=O)c1ccc(-c2ccc(O)c(C(C)=O)c2)cc1. The molecule has 1 aliphatic heterocycles. The number of hydrogen-bond donors (Lipinski definition) is 2. The van der Waals surface area contributed by atoms with Crippen molar-refractivity contribution in [2.75, 3.05) is 19.6 Å². The third kappa shape index (κ3) is 4.37. The van der Waals surface area contributed by atoms with Crippen LogP contribution >= 0.6 is 0 Å². The zero-order valence-corrected chi connectivity index (χ0v) is 15.9. The van der Waals surface area contributed by atoms with Crippen molar-refractivity contribution in [3.63, 3.8) is 0 Å². The lowest BCUT2D eigenvalue weighted by Gasteiger charge is -2.22. The average molecular weight is 366 g/mol. The molecule has 3 rings (SSSR count). The summed E-state index contributed by atoms with van der Waals surface area (Å²) in [5.74, 6) is -0.270. The van der Waals surface area contributed by atoms with Crippen molar-refractivity contribution in [3.8, 4) is 16.9 Å². The van der Waals surface area contributed by atoms with E-state index in [1.54, 1.807) is 24.3 Å². The lowest BCUT2D eigenvalue weighted by atomic mass is 9.99. The molecule has 2 aromatic rings. The van der Waals surface area contributed by atoms with E-state index < -0.39 is 0 Å². The smallest absolute Gasteiger partial charge is 0.251 e. The van der Waals surface area contributed by atoms with Crippen molar-refractivity contribution in [2.45, 2.75) is 32.7 Å². The summed E-state index contributed by atoms with van der Waals surface area (Å²) in [4.78, 5) is 26.4. The average Bonchev–Trinajstić information content (AvgIpc) is 3.14. The van der Waals surface area contributed by atoms with Gasteiger partial charge in [0.1, 0.15) is 5.75 Å². The topological polar surface area (TPSA) is 69.6 Å². The maximum Gasteiger partial charge on any atom is 0.251 e. The summed E-state index contributed by atoms with van der Waals surface area (Å²) in [6.07, 6.45) is 2.32. The molecule has 27 heavy (non-hydrogen) atoms. The standard InChI is InChI=1S/C22H26N2O3/c1-3-24-12-4-5-19(24)14-23-22(27)17-8-6-16(7-9-17)18-10-11-21(26)20(13-18)15(2)25/h6-11,13,19,26H,3-5,12,14H2,1-2H3,(H,23,27)/t19-/m1/s1. The van der Waals surface area contributed by atoms with E-state index in [0.717, 1.165) is 30.6 Å². The van der Waals surface area contributed by atoms with Gasteiger partial charge in [-0.25, -0.2) is 0 Å². The van der Waals surface area contributed by atoms with Gasteiger partial charge in [-0.1, -0.05) is 25.1 Å². The van der Waals surface area contributed by atoms with Crippen molar-refractivity contribution in [1.82, 2.24) is 10.2 Å². The van der Waals surface area contributed by atoms with Gasteiger partial charge >= 0.3 is 0 Å². The van der Waals surface area contributed by atoms with Crippen molar-refractivity contribution >= 4 is 11.7 Å². The maximum absolute atomic E-state index is 12.4. The number of nitrogens with zero attached hydrogens (tertiary/aromatic N) is 1. The predicted molar refractivity (Wildman–Crippen MR) is 106 cm³/mol. The lowest BCUT2D eigenvalue weighted by Crippen LogP contribution is -2.40. The van der Waals surface area contributed by atoms with E-state index in [4.69, 9.17) is 0 Å². The number of benzene rings is 2. The molecule has 0 unspecified atom stereocenters. The second-order valence-corrected chi connectivity index (χ2v) is 7.00. The maximum atomic E-state index is 12.4. The lowest BCUT2D eigenvalue weighted by molar-refractivity contribution is 0.0940. The molecule has 0 spiro atoms. The van der Waals surface area contributed by atoms with Gasteiger partial charge in [0.15, 0.2) is 5.78 Å². The van der Waals surface area contributed by atoms with Gasteiger partial charge in [0.2, 0.25) is 0 Å². The quantitative estimate of drug-likeness (QED) is 0.768. The zero-order chi connectivity index (χ0) is 19.4. The first-order chi connectivity index (χ1) is 13.0. The van der Waals surface area contributed by atoms with Gasteiger partial charge in [0, 0.05) is 18.2 Å². The van der Waals surface area contributed by atoms with Crippen LogP contribution in [0, 0.1) is 0 Å². The van der Waals surface area contributed by atoms with Gasteiger partial charge in [-0.3, -0.25) is 14.5 Å². The highest BCUT2D eigenvalue weighted by atomic mass is 16.3. The van der Waals surface area contributed by atoms with E-state index in [-0.39, 0.29) is 17.4 Å².